The zero-order chi connectivity index (χ0) is 15.2. The lowest BCUT2D eigenvalue weighted by Gasteiger charge is -2.07. The molecule has 0 unspecified atom stereocenters. The Balaban J connectivity index is 1.87. The average Bonchev–Trinajstić information content (AvgIpc) is 2.50. The van der Waals surface area contributed by atoms with Crippen molar-refractivity contribution in [2.75, 3.05) is 13.7 Å². The van der Waals surface area contributed by atoms with Gasteiger partial charge in [0.15, 0.2) is 0 Å². The van der Waals surface area contributed by atoms with Crippen LogP contribution in [0.3, 0.4) is 0 Å². The molecule has 2 rings (SSSR count). The number of amides is 1. The summed E-state index contributed by atoms with van der Waals surface area (Å²) in [5.74, 6) is 0.179. The second kappa shape index (κ2) is 6.88. The molecule has 2 aromatic rings. The normalized spacial score (nSPS) is 10.2. The van der Waals surface area contributed by atoms with Gasteiger partial charge in [0, 0.05) is 12.1 Å². The van der Waals surface area contributed by atoms with E-state index < -0.39 is 0 Å². The van der Waals surface area contributed by atoms with E-state index >= 15 is 0 Å². The number of carbonyl (C=O) groups excluding carboxylic acids is 1. The van der Waals surface area contributed by atoms with Crippen molar-refractivity contribution in [2.45, 2.75) is 13.3 Å². The second-order valence-electron chi connectivity index (χ2n) is 4.82. The first-order chi connectivity index (χ1) is 10.1. The monoisotopic (exact) mass is 287 g/mol. The van der Waals surface area contributed by atoms with E-state index in [0.29, 0.717) is 24.1 Å². The number of rotatable bonds is 5. The van der Waals surface area contributed by atoms with Crippen LogP contribution in [0.2, 0.25) is 0 Å². The number of benzene rings is 2. The molecule has 0 spiro atoms. The van der Waals surface area contributed by atoms with Gasteiger partial charge in [0.25, 0.3) is 5.91 Å². The highest BCUT2D eigenvalue weighted by atomic mass is 19.1. The molecule has 2 aromatic carbocycles. The second-order valence-corrected chi connectivity index (χ2v) is 4.82. The Kier molecular flexibility index (Phi) is 4.93. The van der Waals surface area contributed by atoms with Crippen LogP contribution in [0.1, 0.15) is 21.5 Å². The molecule has 0 radical (unpaired) electrons. The molecular formula is C17H18FNO2. The lowest BCUT2D eigenvalue weighted by atomic mass is 10.1. The maximum atomic E-state index is 13.4. The van der Waals surface area contributed by atoms with Crippen molar-refractivity contribution < 1.29 is 13.9 Å². The van der Waals surface area contributed by atoms with Gasteiger partial charge in [0.1, 0.15) is 11.6 Å². The number of halogens is 1. The summed E-state index contributed by atoms with van der Waals surface area (Å²) in [4.78, 5) is 11.9. The SMILES string of the molecule is COc1ccc(CCNC(=O)c2ccc(C)c(F)c2)cc1. The van der Waals surface area contributed by atoms with Crippen molar-refractivity contribution in [3.05, 3.63) is 65.0 Å². The van der Waals surface area contributed by atoms with E-state index in [-0.39, 0.29) is 11.7 Å². The van der Waals surface area contributed by atoms with Gasteiger partial charge in [0.2, 0.25) is 0 Å². The third-order valence-corrected chi connectivity index (χ3v) is 3.29. The average molecular weight is 287 g/mol. The number of carbonyl (C=O) groups is 1. The first-order valence-electron chi connectivity index (χ1n) is 6.77. The van der Waals surface area contributed by atoms with Crippen molar-refractivity contribution >= 4 is 5.91 Å². The summed E-state index contributed by atoms with van der Waals surface area (Å²) in [6, 6.07) is 12.2. The van der Waals surface area contributed by atoms with Gasteiger partial charge in [-0.05, 0) is 48.7 Å². The standard InChI is InChI=1S/C17H18FNO2/c1-12-3-6-14(11-16(12)18)17(20)19-10-9-13-4-7-15(21-2)8-5-13/h3-8,11H,9-10H2,1-2H3,(H,19,20). The lowest BCUT2D eigenvalue weighted by Crippen LogP contribution is -2.25. The van der Waals surface area contributed by atoms with Gasteiger partial charge < -0.3 is 10.1 Å². The molecule has 0 saturated carbocycles. The van der Waals surface area contributed by atoms with Crippen LogP contribution in [0.4, 0.5) is 4.39 Å². The minimum absolute atomic E-state index is 0.262. The number of nitrogens with one attached hydrogen (secondary N) is 1. The Labute approximate surface area is 123 Å². The third-order valence-electron chi connectivity index (χ3n) is 3.29. The first kappa shape index (κ1) is 15.0. The molecular weight excluding hydrogens is 269 g/mol. The van der Waals surface area contributed by atoms with Crippen LogP contribution in [0.5, 0.6) is 5.75 Å². The maximum Gasteiger partial charge on any atom is 0.251 e. The van der Waals surface area contributed by atoms with Gasteiger partial charge in [-0.3, -0.25) is 4.79 Å². The molecule has 0 aliphatic carbocycles. The van der Waals surface area contributed by atoms with E-state index in [1.165, 1.54) is 6.07 Å². The van der Waals surface area contributed by atoms with Gasteiger partial charge >= 0.3 is 0 Å². The molecule has 0 bridgehead atoms. The van der Waals surface area contributed by atoms with Crippen LogP contribution in [0.15, 0.2) is 42.5 Å². The van der Waals surface area contributed by atoms with Crippen molar-refractivity contribution in [3.8, 4) is 5.75 Å². The predicted molar refractivity (Wildman–Crippen MR) is 80.2 cm³/mol. The highest BCUT2D eigenvalue weighted by Gasteiger charge is 2.07. The van der Waals surface area contributed by atoms with Gasteiger partial charge in [-0.2, -0.15) is 0 Å². The quantitative estimate of drug-likeness (QED) is 0.917. The molecule has 0 heterocycles. The molecule has 4 heteroatoms. The Morgan fingerprint density at radius 3 is 2.52 bits per heavy atom. The maximum absolute atomic E-state index is 13.4. The summed E-state index contributed by atoms with van der Waals surface area (Å²) in [5.41, 5.74) is 1.98. The Hall–Kier alpha value is -2.36. The molecule has 0 fully saturated rings. The van der Waals surface area contributed by atoms with Crippen molar-refractivity contribution in [3.63, 3.8) is 0 Å². The van der Waals surface area contributed by atoms with Gasteiger partial charge in [-0.1, -0.05) is 18.2 Å². The molecule has 0 saturated heterocycles. The van der Waals surface area contributed by atoms with E-state index in [4.69, 9.17) is 4.74 Å². The van der Waals surface area contributed by atoms with Crippen molar-refractivity contribution in [2.24, 2.45) is 0 Å². The minimum atomic E-state index is -0.363. The molecule has 0 aromatic heterocycles. The highest BCUT2D eigenvalue weighted by molar-refractivity contribution is 5.94. The fourth-order valence-corrected chi connectivity index (χ4v) is 1.95. The van der Waals surface area contributed by atoms with E-state index in [1.54, 1.807) is 26.2 Å². The number of aryl methyl sites for hydroxylation is 1. The summed E-state index contributed by atoms with van der Waals surface area (Å²) in [5, 5.41) is 2.79. The third kappa shape index (κ3) is 4.05. The van der Waals surface area contributed by atoms with Crippen molar-refractivity contribution in [1.29, 1.82) is 0 Å². The summed E-state index contributed by atoms with van der Waals surface area (Å²) >= 11 is 0. The number of ether oxygens (including phenoxy) is 1. The van der Waals surface area contributed by atoms with Crippen LogP contribution in [0, 0.1) is 12.7 Å². The Morgan fingerprint density at radius 1 is 1.19 bits per heavy atom. The van der Waals surface area contributed by atoms with E-state index in [0.717, 1.165) is 11.3 Å². The molecule has 1 amide bonds. The smallest absolute Gasteiger partial charge is 0.251 e. The molecule has 21 heavy (non-hydrogen) atoms. The van der Waals surface area contributed by atoms with Gasteiger partial charge in [-0.25, -0.2) is 4.39 Å². The predicted octanol–water partition coefficient (Wildman–Crippen LogP) is 3.12. The summed E-state index contributed by atoms with van der Waals surface area (Å²) in [6.07, 6.45) is 0.712. The van der Waals surface area contributed by atoms with Crippen LogP contribution >= 0.6 is 0 Å². The first-order valence-corrected chi connectivity index (χ1v) is 6.77. The summed E-state index contributed by atoms with van der Waals surface area (Å²) in [7, 11) is 1.62. The zero-order valence-corrected chi connectivity index (χ0v) is 12.2. The van der Waals surface area contributed by atoms with Crippen LogP contribution < -0.4 is 10.1 Å². The van der Waals surface area contributed by atoms with Gasteiger partial charge in [-0.15, -0.1) is 0 Å². The molecule has 0 aliphatic heterocycles. The Bertz CT molecular complexity index is 623. The number of hydrogen-bond donors (Lipinski definition) is 1. The fraction of sp³-hybridized carbons (Fsp3) is 0.235. The fourth-order valence-electron chi connectivity index (χ4n) is 1.95. The number of hydrogen-bond acceptors (Lipinski definition) is 2. The molecule has 3 nitrogen and oxygen atoms in total. The Morgan fingerprint density at radius 2 is 1.90 bits per heavy atom. The summed E-state index contributed by atoms with van der Waals surface area (Å²) < 4.78 is 18.5. The van der Waals surface area contributed by atoms with E-state index in [2.05, 4.69) is 5.32 Å². The molecule has 0 aliphatic rings. The minimum Gasteiger partial charge on any atom is -0.497 e. The number of methoxy groups -OCH3 is 1. The largest absolute Gasteiger partial charge is 0.497 e. The molecule has 1 N–H and O–H groups in total. The van der Waals surface area contributed by atoms with Gasteiger partial charge in [0.05, 0.1) is 7.11 Å². The van der Waals surface area contributed by atoms with Crippen LogP contribution in [0.25, 0.3) is 0 Å². The molecule has 0 atom stereocenters. The topological polar surface area (TPSA) is 38.3 Å². The van der Waals surface area contributed by atoms with Crippen LogP contribution in [-0.4, -0.2) is 19.6 Å². The molecule has 110 valence electrons. The van der Waals surface area contributed by atoms with Crippen LogP contribution in [-0.2, 0) is 6.42 Å². The summed E-state index contributed by atoms with van der Waals surface area (Å²) in [6.45, 7) is 2.17. The van der Waals surface area contributed by atoms with Crippen molar-refractivity contribution in [1.82, 2.24) is 5.32 Å². The highest BCUT2D eigenvalue weighted by Crippen LogP contribution is 2.12. The van der Waals surface area contributed by atoms with E-state index in [9.17, 15) is 9.18 Å². The zero-order valence-electron chi connectivity index (χ0n) is 12.2. The lowest BCUT2D eigenvalue weighted by molar-refractivity contribution is 0.0953. The van der Waals surface area contributed by atoms with E-state index in [1.807, 2.05) is 24.3 Å².